The Hall–Kier alpha value is -3.50. The maximum atomic E-state index is 13.1. The second-order valence-corrected chi connectivity index (χ2v) is 7.62. The van der Waals surface area contributed by atoms with E-state index in [-0.39, 0.29) is 0 Å². The predicted octanol–water partition coefficient (Wildman–Crippen LogP) is 3.62. The highest BCUT2D eigenvalue weighted by Crippen LogP contribution is 2.31. The summed E-state index contributed by atoms with van der Waals surface area (Å²) >= 11 is 0. The summed E-state index contributed by atoms with van der Waals surface area (Å²) in [5.41, 5.74) is 1.95. The molecule has 1 aliphatic rings. The van der Waals surface area contributed by atoms with Crippen LogP contribution >= 0.6 is 0 Å². The van der Waals surface area contributed by atoms with Gasteiger partial charge >= 0.3 is 6.18 Å². The SMILES string of the molecule is Cc1[nH]ncc1C1CCCN(c2ccnc(-c3cnc4cnc(C(F)(F)F)cn34)n2)C1. The second kappa shape index (κ2) is 7.33. The van der Waals surface area contributed by atoms with Crippen molar-refractivity contribution in [3.05, 3.63) is 54.0 Å². The van der Waals surface area contributed by atoms with Gasteiger partial charge in [-0.2, -0.15) is 18.3 Å². The predicted molar refractivity (Wildman–Crippen MR) is 107 cm³/mol. The maximum Gasteiger partial charge on any atom is 0.434 e. The number of hydrogen-bond acceptors (Lipinski definition) is 6. The number of rotatable bonds is 3. The number of aryl methyl sites for hydroxylation is 1. The van der Waals surface area contributed by atoms with Gasteiger partial charge in [0.25, 0.3) is 0 Å². The van der Waals surface area contributed by atoms with Crippen LogP contribution in [0.4, 0.5) is 19.0 Å². The summed E-state index contributed by atoms with van der Waals surface area (Å²) in [4.78, 5) is 18.7. The molecule has 0 aliphatic carbocycles. The van der Waals surface area contributed by atoms with E-state index in [0.29, 0.717) is 23.1 Å². The number of alkyl halides is 3. The smallest absolute Gasteiger partial charge is 0.356 e. The van der Waals surface area contributed by atoms with Crippen LogP contribution in [0.3, 0.4) is 0 Å². The van der Waals surface area contributed by atoms with E-state index < -0.39 is 11.9 Å². The van der Waals surface area contributed by atoms with Crippen LogP contribution in [-0.2, 0) is 6.18 Å². The van der Waals surface area contributed by atoms with Crippen LogP contribution in [0.15, 0.2) is 37.1 Å². The Morgan fingerprint density at radius 2 is 2.00 bits per heavy atom. The van der Waals surface area contributed by atoms with Crippen LogP contribution in [0, 0.1) is 6.92 Å². The lowest BCUT2D eigenvalue weighted by atomic mass is 9.91. The van der Waals surface area contributed by atoms with Gasteiger partial charge in [-0.15, -0.1) is 0 Å². The van der Waals surface area contributed by atoms with E-state index in [4.69, 9.17) is 0 Å². The number of hydrogen-bond donors (Lipinski definition) is 1. The van der Waals surface area contributed by atoms with Gasteiger partial charge in [0.15, 0.2) is 17.2 Å². The van der Waals surface area contributed by atoms with E-state index in [1.165, 1.54) is 16.2 Å². The van der Waals surface area contributed by atoms with Crippen LogP contribution in [0.2, 0.25) is 0 Å². The largest absolute Gasteiger partial charge is 0.434 e. The topological polar surface area (TPSA) is 87.9 Å². The minimum atomic E-state index is -4.55. The fourth-order valence-corrected chi connectivity index (χ4v) is 4.06. The molecule has 8 nitrogen and oxygen atoms in total. The Morgan fingerprint density at radius 1 is 1.13 bits per heavy atom. The summed E-state index contributed by atoms with van der Waals surface area (Å²) < 4.78 is 40.6. The maximum absolute atomic E-state index is 13.1. The molecule has 5 rings (SSSR count). The van der Waals surface area contributed by atoms with Gasteiger partial charge in [-0.3, -0.25) is 9.50 Å². The van der Waals surface area contributed by atoms with Crippen LogP contribution in [0.1, 0.15) is 35.7 Å². The molecule has 4 aromatic heterocycles. The molecule has 4 aromatic rings. The highest BCUT2D eigenvalue weighted by atomic mass is 19.4. The van der Waals surface area contributed by atoms with Crippen LogP contribution in [-0.4, -0.2) is 47.6 Å². The standard InChI is InChI=1S/C20H19F3N8/c1-12-14(7-27-29-12)13-3-2-6-30(10-13)17-4-5-24-19(28-17)15-8-26-18-9-25-16(11-31(15)18)20(21,22)23/h4-5,7-9,11,13H,2-3,6,10H2,1H3,(H,27,29). The van der Waals surface area contributed by atoms with Crippen molar-refractivity contribution in [1.82, 2.24) is 34.5 Å². The molecule has 0 amide bonds. The fourth-order valence-electron chi connectivity index (χ4n) is 4.06. The zero-order chi connectivity index (χ0) is 21.6. The summed E-state index contributed by atoms with van der Waals surface area (Å²) in [7, 11) is 0. The molecule has 0 aromatic carbocycles. The molecule has 5 heterocycles. The van der Waals surface area contributed by atoms with Gasteiger partial charge in [0, 0.05) is 37.1 Å². The van der Waals surface area contributed by atoms with Gasteiger partial charge in [0.05, 0.1) is 18.6 Å². The molecule has 1 atom stereocenters. The van der Waals surface area contributed by atoms with E-state index in [2.05, 4.69) is 35.0 Å². The van der Waals surface area contributed by atoms with Gasteiger partial charge in [-0.1, -0.05) is 0 Å². The average Bonchev–Trinajstić information content (AvgIpc) is 3.39. The minimum absolute atomic E-state index is 0.297. The lowest BCUT2D eigenvalue weighted by molar-refractivity contribution is -0.141. The number of aromatic amines is 1. The molecule has 1 unspecified atom stereocenters. The van der Waals surface area contributed by atoms with E-state index in [0.717, 1.165) is 49.8 Å². The third-order valence-electron chi connectivity index (χ3n) is 5.61. The van der Waals surface area contributed by atoms with Gasteiger partial charge < -0.3 is 4.90 Å². The highest BCUT2D eigenvalue weighted by molar-refractivity contribution is 5.58. The van der Waals surface area contributed by atoms with Crippen molar-refractivity contribution in [3.8, 4) is 11.5 Å². The first-order valence-electron chi connectivity index (χ1n) is 9.88. The Kier molecular flexibility index (Phi) is 4.60. The zero-order valence-corrected chi connectivity index (χ0v) is 16.6. The summed E-state index contributed by atoms with van der Waals surface area (Å²) in [6.45, 7) is 3.64. The lowest BCUT2D eigenvalue weighted by Gasteiger charge is -2.33. The van der Waals surface area contributed by atoms with Crippen molar-refractivity contribution in [2.24, 2.45) is 0 Å². The first kappa shape index (κ1) is 19.5. The summed E-state index contributed by atoms with van der Waals surface area (Å²) in [5.74, 6) is 1.38. The summed E-state index contributed by atoms with van der Waals surface area (Å²) in [5, 5.41) is 7.12. The van der Waals surface area contributed by atoms with Gasteiger partial charge in [0.2, 0.25) is 0 Å². The number of nitrogens with zero attached hydrogens (tertiary/aromatic N) is 7. The monoisotopic (exact) mass is 428 g/mol. The molecule has 0 spiro atoms. The van der Waals surface area contributed by atoms with Gasteiger partial charge in [-0.05, 0) is 31.4 Å². The van der Waals surface area contributed by atoms with Crippen LogP contribution in [0.25, 0.3) is 17.2 Å². The van der Waals surface area contributed by atoms with Crippen molar-refractivity contribution in [2.45, 2.75) is 31.9 Å². The van der Waals surface area contributed by atoms with Gasteiger partial charge in [-0.25, -0.2) is 19.9 Å². The number of anilines is 1. The Morgan fingerprint density at radius 3 is 2.77 bits per heavy atom. The third-order valence-corrected chi connectivity index (χ3v) is 5.61. The van der Waals surface area contributed by atoms with Crippen LogP contribution in [0.5, 0.6) is 0 Å². The number of H-pyrrole nitrogens is 1. The normalized spacial score (nSPS) is 17.4. The van der Waals surface area contributed by atoms with E-state index in [1.54, 1.807) is 6.20 Å². The number of halogens is 3. The number of piperidine rings is 1. The molecule has 0 radical (unpaired) electrons. The molecule has 11 heteroatoms. The second-order valence-electron chi connectivity index (χ2n) is 7.62. The van der Waals surface area contributed by atoms with Crippen molar-refractivity contribution in [2.75, 3.05) is 18.0 Å². The van der Waals surface area contributed by atoms with Gasteiger partial charge in [0.1, 0.15) is 11.5 Å². The minimum Gasteiger partial charge on any atom is -0.356 e. The van der Waals surface area contributed by atoms with Crippen molar-refractivity contribution in [1.29, 1.82) is 0 Å². The van der Waals surface area contributed by atoms with Crippen molar-refractivity contribution < 1.29 is 13.2 Å². The Labute approximate surface area is 175 Å². The number of nitrogens with one attached hydrogen (secondary N) is 1. The first-order chi connectivity index (χ1) is 14.9. The third kappa shape index (κ3) is 3.60. The number of imidazole rings is 1. The molecule has 1 N–H and O–H groups in total. The molecule has 31 heavy (non-hydrogen) atoms. The lowest BCUT2D eigenvalue weighted by Crippen LogP contribution is -2.35. The zero-order valence-electron chi connectivity index (χ0n) is 16.6. The van der Waals surface area contributed by atoms with Crippen molar-refractivity contribution in [3.63, 3.8) is 0 Å². The quantitative estimate of drug-likeness (QED) is 0.536. The van der Waals surface area contributed by atoms with Crippen molar-refractivity contribution >= 4 is 11.5 Å². The van der Waals surface area contributed by atoms with Crippen LogP contribution < -0.4 is 4.90 Å². The van der Waals surface area contributed by atoms with E-state index >= 15 is 0 Å². The molecule has 0 saturated carbocycles. The molecular formula is C20H19F3N8. The number of aromatic nitrogens is 7. The molecular weight excluding hydrogens is 409 g/mol. The molecule has 1 fully saturated rings. The highest BCUT2D eigenvalue weighted by Gasteiger charge is 2.33. The van der Waals surface area contributed by atoms with E-state index in [9.17, 15) is 13.2 Å². The molecule has 0 bridgehead atoms. The Bertz CT molecular complexity index is 1230. The molecule has 1 saturated heterocycles. The summed E-state index contributed by atoms with van der Waals surface area (Å²) in [6.07, 6.45) is 4.50. The summed E-state index contributed by atoms with van der Waals surface area (Å²) in [6, 6.07) is 1.82. The average molecular weight is 428 g/mol. The first-order valence-corrected chi connectivity index (χ1v) is 9.88. The fraction of sp³-hybridized carbons (Fsp3) is 0.350. The number of fused-ring (bicyclic) bond motifs is 1. The molecule has 160 valence electrons. The molecule has 1 aliphatic heterocycles. The van der Waals surface area contributed by atoms with E-state index in [1.807, 2.05) is 19.2 Å². The Balaban J connectivity index is 1.47.